The molecule has 1 unspecified atom stereocenters. The summed E-state index contributed by atoms with van der Waals surface area (Å²) in [6.45, 7) is -0.275. The Kier molecular flexibility index (Phi) is 4.77. The summed E-state index contributed by atoms with van der Waals surface area (Å²) >= 11 is 5.75. The number of nitrogens with zero attached hydrogens (tertiary/aromatic N) is 2. The molecule has 0 bridgehead atoms. The van der Waals surface area contributed by atoms with Gasteiger partial charge in [-0.1, -0.05) is 23.7 Å². The van der Waals surface area contributed by atoms with Crippen molar-refractivity contribution in [2.75, 3.05) is 0 Å². The van der Waals surface area contributed by atoms with Gasteiger partial charge in [-0.25, -0.2) is 0 Å². The van der Waals surface area contributed by atoms with E-state index in [1.54, 1.807) is 24.3 Å². The van der Waals surface area contributed by atoms with Crippen LogP contribution in [0.25, 0.3) is 0 Å². The Hall–Kier alpha value is -2.71. The molecule has 23 heavy (non-hydrogen) atoms. The van der Waals surface area contributed by atoms with Gasteiger partial charge in [-0.15, -0.1) is 0 Å². The number of hydrogen-bond acceptors (Lipinski definition) is 5. The number of aliphatic hydroxyl groups is 1. The van der Waals surface area contributed by atoms with Crippen LogP contribution in [0.1, 0.15) is 22.0 Å². The van der Waals surface area contributed by atoms with Gasteiger partial charge in [0.25, 0.3) is 17.2 Å². The first kappa shape index (κ1) is 16.7. The SMILES string of the molecule is NC(=O)c1cc([N+](=O)[O-])cn(CC(O)c2ccc(Cl)cc2)c1=O. The molecule has 120 valence electrons. The lowest BCUT2D eigenvalue weighted by molar-refractivity contribution is -0.385. The minimum absolute atomic E-state index is 0.275. The number of halogens is 1. The number of pyridine rings is 1. The number of carbonyl (C=O) groups excluding carboxylic acids is 1. The van der Waals surface area contributed by atoms with Crippen molar-refractivity contribution < 1.29 is 14.8 Å². The molecule has 0 fully saturated rings. The van der Waals surface area contributed by atoms with Gasteiger partial charge in [0.1, 0.15) is 5.56 Å². The number of primary amides is 1. The highest BCUT2D eigenvalue weighted by molar-refractivity contribution is 6.30. The smallest absolute Gasteiger partial charge is 0.286 e. The zero-order valence-corrected chi connectivity index (χ0v) is 12.4. The highest BCUT2D eigenvalue weighted by Crippen LogP contribution is 2.19. The minimum Gasteiger partial charge on any atom is -0.387 e. The molecule has 1 aromatic carbocycles. The van der Waals surface area contributed by atoms with E-state index in [2.05, 4.69) is 0 Å². The molecule has 0 aliphatic rings. The van der Waals surface area contributed by atoms with Crippen LogP contribution in [0.4, 0.5) is 5.69 Å². The molecule has 1 amide bonds. The molecule has 2 aromatic rings. The molecule has 0 saturated carbocycles. The van der Waals surface area contributed by atoms with E-state index in [0.29, 0.717) is 10.6 Å². The molecule has 1 atom stereocenters. The number of aromatic nitrogens is 1. The van der Waals surface area contributed by atoms with E-state index in [1.165, 1.54) is 0 Å². The first-order valence-electron chi connectivity index (χ1n) is 6.42. The van der Waals surface area contributed by atoms with Crippen LogP contribution in [0.2, 0.25) is 5.02 Å². The van der Waals surface area contributed by atoms with Crippen LogP contribution in [0.15, 0.2) is 41.3 Å². The molecule has 9 heteroatoms. The lowest BCUT2D eigenvalue weighted by Gasteiger charge is -2.13. The summed E-state index contributed by atoms with van der Waals surface area (Å²) in [7, 11) is 0. The molecule has 2 rings (SSSR count). The highest BCUT2D eigenvalue weighted by atomic mass is 35.5. The Morgan fingerprint density at radius 1 is 1.39 bits per heavy atom. The normalized spacial score (nSPS) is 11.9. The van der Waals surface area contributed by atoms with Crippen LogP contribution in [0.3, 0.4) is 0 Å². The van der Waals surface area contributed by atoms with Gasteiger partial charge in [-0.05, 0) is 17.7 Å². The molecule has 0 aliphatic heterocycles. The van der Waals surface area contributed by atoms with E-state index in [-0.39, 0.29) is 6.54 Å². The Bertz CT molecular complexity index is 816. The number of nitrogens with two attached hydrogens (primary N) is 1. The lowest BCUT2D eigenvalue weighted by atomic mass is 10.1. The fraction of sp³-hybridized carbons (Fsp3) is 0.143. The Morgan fingerprint density at radius 2 is 2.00 bits per heavy atom. The predicted octanol–water partition coefficient (Wildman–Crippen LogP) is 1.24. The average Bonchev–Trinajstić information content (AvgIpc) is 2.49. The van der Waals surface area contributed by atoms with E-state index >= 15 is 0 Å². The van der Waals surface area contributed by atoms with E-state index < -0.39 is 33.7 Å². The third-order valence-corrected chi connectivity index (χ3v) is 3.42. The largest absolute Gasteiger partial charge is 0.387 e. The molecule has 0 radical (unpaired) electrons. The molecule has 8 nitrogen and oxygen atoms in total. The van der Waals surface area contributed by atoms with Crippen LogP contribution in [-0.2, 0) is 6.54 Å². The molecule has 0 spiro atoms. The second-order valence-electron chi connectivity index (χ2n) is 4.76. The topological polar surface area (TPSA) is 128 Å². The number of nitro groups is 1. The minimum atomic E-state index is -1.12. The Balaban J connectivity index is 2.42. The van der Waals surface area contributed by atoms with Gasteiger partial charge >= 0.3 is 0 Å². The molecule has 0 saturated heterocycles. The maximum atomic E-state index is 12.1. The molecule has 3 N–H and O–H groups in total. The number of aliphatic hydroxyl groups excluding tert-OH is 1. The van der Waals surface area contributed by atoms with Crippen molar-refractivity contribution in [3.05, 3.63) is 73.1 Å². The van der Waals surface area contributed by atoms with Gasteiger partial charge in [-0.3, -0.25) is 19.7 Å². The third kappa shape index (κ3) is 3.74. The van der Waals surface area contributed by atoms with E-state index in [9.17, 15) is 24.8 Å². The maximum absolute atomic E-state index is 12.1. The summed E-state index contributed by atoms with van der Waals surface area (Å²) in [6, 6.07) is 7.06. The zero-order chi connectivity index (χ0) is 17.1. The van der Waals surface area contributed by atoms with Crippen LogP contribution in [-0.4, -0.2) is 20.5 Å². The number of benzene rings is 1. The van der Waals surface area contributed by atoms with Gasteiger partial charge in [0.15, 0.2) is 0 Å². The van der Waals surface area contributed by atoms with Gasteiger partial charge in [0.05, 0.1) is 23.8 Å². The molecular formula is C14H12ClN3O5. The number of rotatable bonds is 5. The predicted molar refractivity (Wildman–Crippen MR) is 82.3 cm³/mol. The van der Waals surface area contributed by atoms with Gasteiger partial charge < -0.3 is 15.4 Å². The molecule has 1 heterocycles. The third-order valence-electron chi connectivity index (χ3n) is 3.17. The molecule has 0 aliphatic carbocycles. The van der Waals surface area contributed by atoms with Crippen LogP contribution in [0.5, 0.6) is 0 Å². The first-order valence-corrected chi connectivity index (χ1v) is 6.79. The second kappa shape index (κ2) is 6.59. The summed E-state index contributed by atoms with van der Waals surface area (Å²) in [6.07, 6.45) is -0.166. The summed E-state index contributed by atoms with van der Waals surface area (Å²) in [5.74, 6) is -1.08. The fourth-order valence-electron chi connectivity index (χ4n) is 2.01. The van der Waals surface area contributed by atoms with Crippen LogP contribution in [0, 0.1) is 10.1 Å². The van der Waals surface area contributed by atoms with E-state index in [1.807, 2.05) is 0 Å². The van der Waals surface area contributed by atoms with Crippen molar-refractivity contribution in [1.82, 2.24) is 4.57 Å². The maximum Gasteiger partial charge on any atom is 0.286 e. The van der Waals surface area contributed by atoms with E-state index in [0.717, 1.165) is 16.8 Å². The van der Waals surface area contributed by atoms with Crippen molar-refractivity contribution in [2.45, 2.75) is 12.6 Å². The van der Waals surface area contributed by atoms with Crippen molar-refractivity contribution in [1.29, 1.82) is 0 Å². The summed E-state index contributed by atoms with van der Waals surface area (Å²) in [5, 5.41) is 21.5. The number of hydrogen-bond donors (Lipinski definition) is 2. The monoisotopic (exact) mass is 337 g/mol. The summed E-state index contributed by atoms with van der Waals surface area (Å²) in [5.41, 5.74) is 3.73. The van der Waals surface area contributed by atoms with Gasteiger partial charge in [0, 0.05) is 11.1 Å². The lowest BCUT2D eigenvalue weighted by Crippen LogP contribution is -2.31. The summed E-state index contributed by atoms with van der Waals surface area (Å²) < 4.78 is 0.886. The Morgan fingerprint density at radius 3 is 2.52 bits per heavy atom. The quantitative estimate of drug-likeness (QED) is 0.626. The van der Waals surface area contributed by atoms with Gasteiger partial charge in [0.2, 0.25) is 0 Å². The molecule has 1 aromatic heterocycles. The fourth-order valence-corrected chi connectivity index (χ4v) is 2.13. The first-order chi connectivity index (χ1) is 10.8. The van der Waals surface area contributed by atoms with Crippen molar-refractivity contribution in [3.8, 4) is 0 Å². The number of carbonyl (C=O) groups is 1. The van der Waals surface area contributed by atoms with Crippen molar-refractivity contribution in [3.63, 3.8) is 0 Å². The Labute approximate surface area is 134 Å². The standard InChI is InChI=1S/C14H12ClN3O5/c15-9-3-1-8(2-4-9)12(19)7-17-6-10(18(22)23)5-11(13(16)20)14(17)21/h1-6,12,19H,7H2,(H2,16,20). The number of amides is 1. The van der Waals surface area contributed by atoms with Crippen molar-refractivity contribution >= 4 is 23.2 Å². The average molecular weight is 338 g/mol. The molecular weight excluding hydrogens is 326 g/mol. The second-order valence-corrected chi connectivity index (χ2v) is 5.19. The van der Waals surface area contributed by atoms with Crippen LogP contribution >= 0.6 is 11.6 Å². The highest BCUT2D eigenvalue weighted by Gasteiger charge is 2.19. The zero-order valence-electron chi connectivity index (χ0n) is 11.7. The van der Waals surface area contributed by atoms with Gasteiger partial charge in [-0.2, -0.15) is 0 Å². The van der Waals surface area contributed by atoms with Crippen molar-refractivity contribution in [2.24, 2.45) is 5.73 Å². The van der Waals surface area contributed by atoms with Crippen LogP contribution < -0.4 is 11.3 Å². The van der Waals surface area contributed by atoms with E-state index in [4.69, 9.17) is 17.3 Å². The summed E-state index contributed by atoms with van der Waals surface area (Å²) in [4.78, 5) is 33.5.